The van der Waals surface area contributed by atoms with E-state index in [9.17, 15) is 14.9 Å². The van der Waals surface area contributed by atoms with Crippen molar-refractivity contribution in [3.8, 4) is 0 Å². The minimum absolute atomic E-state index is 0.0883. The van der Waals surface area contributed by atoms with Gasteiger partial charge in [0.15, 0.2) is 5.76 Å². The Morgan fingerprint density at radius 1 is 1.69 bits per heavy atom. The van der Waals surface area contributed by atoms with Crippen LogP contribution in [-0.4, -0.2) is 30.6 Å². The lowest BCUT2D eigenvalue weighted by Gasteiger charge is -2.10. The van der Waals surface area contributed by atoms with E-state index in [1.54, 1.807) is 6.92 Å². The fourth-order valence-corrected chi connectivity index (χ4v) is 1.13. The number of carbonyl (C=O) groups is 1. The van der Waals surface area contributed by atoms with Crippen molar-refractivity contribution in [1.82, 2.24) is 5.32 Å². The highest BCUT2D eigenvalue weighted by Gasteiger charge is 2.18. The Morgan fingerprint density at radius 2 is 2.38 bits per heavy atom. The van der Waals surface area contributed by atoms with Gasteiger partial charge in [-0.15, -0.1) is 0 Å². The molecule has 0 aliphatic rings. The Hall–Kier alpha value is -1.89. The maximum absolute atomic E-state index is 11.5. The molecule has 0 unspecified atom stereocenters. The van der Waals surface area contributed by atoms with E-state index in [-0.39, 0.29) is 11.8 Å². The Balaban J connectivity index is 2.62. The van der Waals surface area contributed by atoms with Crippen LogP contribution in [0.2, 0.25) is 0 Å². The molecule has 1 rings (SSSR count). The van der Waals surface area contributed by atoms with Crippen LogP contribution in [-0.2, 0) is 4.74 Å². The van der Waals surface area contributed by atoms with Crippen LogP contribution >= 0.6 is 0 Å². The van der Waals surface area contributed by atoms with Gasteiger partial charge in [-0.3, -0.25) is 14.9 Å². The lowest BCUT2D eigenvalue weighted by atomic mass is 10.3. The SMILES string of the molecule is COC[C@H](C)NC(=O)c1ccc([N+](=O)[O-])o1. The molecule has 1 aromatic heterocycles. The van der Waals surface area contributed by atoms with Gasteiger partial charge in [0, 0.05) is 13.2 Å². The van der Waals surface area contributed by atoms with Crippen LogP contribution in [0.25, 0.3) is 0 Å². The first-order valence-electron chi connectivity index (χ1n) is 4.58. The summed E-state index contributed by atoms with van der Waals surface area (Å²) in [6.45, 7) is 2.10. The van der Waals surface area contributed by atoms with Crippen molar-refractivity contribution < 1.29 is 18.9 Å². The van der Waals surface area contributed by atoms with Gasteiger partial charge in [-0.1, -0.05) is 0 Å². The molecule has 88 valence electrons. The van der Waals surface area contributed by atoms with E-state index in [1.807, 2.05) is 0 Å². The van der Waals surface area contributed by atoms with Crippen molar-refractivity contribution in [2.45, 2.75) is 13.0 Å². The first kappa shape index (κ1) is 12.2. The molecule has 0 spiro atoms. The molecule has 1 N–H and O–H groups in total. The molecule has 0 fully saturated rings. The molecule has 7 nitrogen and oxygen atoms in total. The third kappa shape index (κ3) is 3.06. The smallest absolute Gasteiger partial charge is 0.395 e. The number of nitro groups is 1. The summed E-state index contributed by atoms with van der Waals surface area (Å²) >= 11 is 0. The summed E-state index contributed by atoms with van der Waals surface area (Å²) in [6, 6.07) is 2.20. The van der Waals surface area contributed by atoms with Gasteiger partial charge in [-0.25, -0.2) is 0 Å². The fourth-order valence-electron chi connectivity index (χ4n) is 1.13. The van der Waals surface area contributed by atoms with E-state index in [1.165, 1.54) is 13.2 Å². The second-order valence-electron chi connectivity index (χ2n) is 3.22. The van der Waals surface area contributed by atoms with Gasteiger partial charge in [0.05, 0.1) is 12.7 Å². The fraction of sp³-hybridized carbons (Fsp3) is 0.444. The van der Waals surface area contributed by atoms with Crippen LogP contribution in [0.1, 0.15) is 17.5 Å². The van der Waals surface area contributed by atoms with Crippen LogP contribution in [0.3, 0.4) is 0 Å². The Labute approximate surface area is 91.5 Å². The minimum atomic E-state index is -0.699. The van der Waals surface area contributed by atoms with Gasteiger partial charge in [-0.2, -0.15) is 0 Å². The predicted octanol–water partition coefficient (Wildman–Crippen LogP) is 0.952. The van der Waals surface area contributed by atoms with E-state index in [0.29, 0.717) is 6.61 Å². The highest BCUT2D eigenvalue weighted by molar-refractivity contribution is 5.91. The third-order valence-corrected chi connectivity index (χ3v) is 1.79. The van der Waals surface area contributed by atoms with Crippen molar-refractivity contribution in [1.29, 1.82) is 0 Å². The topological polar surface area (TPSA) is 94.6 Å². The quantitative estimate of drug-likeness (QED) is 0.598. The zero-order valence-electron chi connectivity index (χ0n) is 8.93. The lowest BCUT2D eigenvalue weighted by Crippen LogP contribution is -2.35. The van der Waals surface area contributed by atoms with Gasteiger partial charge < -0.3 is 14.5 Å². The van der Waals surface area contributed by atoms with Crippen LogP contribution < -0.4 is 5.32 Å². The van der Waals surface area contributed by atoms with Crippen LogP contribution in [0.15, 0.2) is 16.5 Å². The van der Waals surface area contributed by atoms with E-state index < -0.39 is 16.7 Å². The normalized spacial score (nSPS) is 12.1. The molecule has 1 aromatic rings. The van der Waals surface area contributed by atoms with Crippen molar-refractivity contribution >= 4 is 11.8 Å². The van der Waals surface area contributed by atoms with Gasteiger partial charge in [0.1, 0.15) is 4.92 Å². The zero-order chi connectivity index (χ0) is 12.1. The molecule has 1 heterocycles. The van der Waals surface area contributed by atoms with E-state index >= 15 is 0 Å². The minimum Gasteiger partial charge on any atom is -0.395 e. The molecule has 0 radical (unpaired) electrons. The predicted molar refractivity (Wildman–Crippen MR) is 54.2 cm³/mol. The first-order valence-corrected chi connectivity index (χ1v) is 4.58. The number of carbonyl (C=O) groups excluding carboxylic acids is 1. The number of rotatable bonds is 5. The molecule has 0 saturated heterocycles. The number of methoxy groups -OCH3 is 1. The van der Waals surface area contributed by atoms with Gasteiger partial charge in [0.2, 0.25) is 0 Å². The van der Waals surface area contributed by atoms with Crippen LogP contribution in [0.5, 0.6) is 0 Å². The van der Waals surface area contributed by atoms with Crippen LogP contribution in [0.4, 0.5) is 5.88 Å². The van der Waals surface area contributed by atoms with Crippen LogP contribution in [0, 0.1) is 10.1 Å². The molecule has 0 bridgehead atoms. The molecule has 0 aliphatic carbocycles. The highest BCUT2D eigenvalue weighted by Crippen LogP contribution is 2.15. The maximum Gasteiger partial charge on any atom is 0.433 e. The van der Waals surface area contributed by atoms with Gasteiger partial charge in [0.25, 0.3) is 5.91 Å². The molecular formula is C9H12N2O5. The number of furan rings is 1. The number of ether oxygens (including phenoxy) is 1. The van der Waals surface area contributed by atoms with E-state index in [0.717, 1.165) is 6.07 Å². The van der Waals surface area contributed by atoms with Crippen molar-refractivity contribution in [2.75, 3.05) is 13.7 Å². The van der Waals surface area contributed by atoms with Gasteiger partial charge >= 0.3 is 5.88 Å². The summed E-state index contributed by atoms with van der Waals surface area (Å²) in [5, 5.41) is 12.9. The molecule has 7 heteroatoms. The van der Waals surface area contributed by atoms with Crippen molar-refractivity contribution in [2.24, 2.45) is 0 Å². The summed E-state index contributed by atoms with van der Waals surface area (Å²) in [5.74, 6) is -1.04. The summed E-state index contributed by atoms with van der Waals surface area (Å²) < 4.78 is 9.56. The Bertz CT molecular complexity index is 387. The summed E-state index contributed by atoms with van der Waals surface area (Å²) in [6.07, 6.45) is 0. The molecule has 0 aliphatic heterocycles. The molecule has 0 aromatic carbocycles. The molecule has 1 amide bonds. The van der Waals surface area contributed by atoms with Crippen molar-refractivity contribution in [3.63, 3.8) is 0 Å². The number of nitrogens with zero attached hydrogens (tertiary/aromatic N) is 1. The van der Waals surface area contributed by atoms with E-state index in [2.05, 4.69) is 5.32 Å². The second-order valence-corrected chi connectivity index (χ2v) is 3.22. The molecule has 16 heavy (non-hydrogen) atoms. The maximum atomic E-state index is 11.5. The third-order valence-electron chi connectivity index (χ3n) is 1.79. The number of nitrogens with one attached hydrogen (secondary N) is 1. The van der Waals surface area contributed by atoms with Gasteiger partial charge in [-0.05, 0) is 13.0 Å². The molecule has 1 atom stereocenters. The number of hydrogen-bond donors (Lipinski definition) is 1. The summed E-state index contributed by atoms with van der Waals surface area (Å²) in [5.41, 5.74) is 0. The monoisotopic (exact) mass is 228 g/mol. The average molecular weight is 228 g/mol. The Morgan fingerprint density at radius 3 is 2.88 bits per heavy atom. The van der Waals surface area contributed by atoms with Crippen molar-refractivity contribution in [3.05, 3.63) is 28.0 Å². The lowest BCUT2D eigenvalue weighted by molar-refractivity contribution is -0.402. The molecular weight excluding hydrogens is 216 g/mol. The summed E-state index contributed by atoms with van der Waals surface area (Å²) in [4.78, 5) is 21.1. The Kier molecular flexibility index (Phi) is 4.01. The number of amides is 1. The summed E-state index contributed by atoms with van der Waals surface area (Å²) in [7, 11) is 1.51. The largest absolute Gasteiger partial charge is 0.433 e. The number of hydrogen-bond acceptors (Lipinski definition) is 5. The second kappa shape index (κ2) is 5.26. The zero-order valence-corrected chi connectivity index (χ0v) is 8.93. The van der Waals surface area contributed by atoms with E-state index in [4.69, 9.17) is 9.15 Å². The highest BCUT2D eigenvalue weighted by atomic mass is 16.6. The first-order chi connectivity index (χ1) is 7.54. The molecule has 0 saturated carbocycles. The average Bonchev–Trinajstić information content (AvgIpc) is 2.66. The standard InChI is InChI=1S/C9H12N2O5/c1-6(5-15-2)10-9(12)7-3-4-8(16-7)11(13)14/h3-4,6H,5H2,1-2H3,(H,10,12)/t6-/m0/s1.